The molecule has 5 heterocycles. The topological polar surface area (TPSA) is 106 Å². The van der Waals surface area contributed by atoms with Gasteiger partial charge in [-0.25, -0.2) is 19.9 Å². The van der Waals surface area contributed by atoms with Crippen LogP contribution in [-0.2, 0) is 7.05 Å². The molecule has 164 valence electrons. The molecule has 1 aliphatic heterocycles. The zero-order chi connectivity index (χ0) is 22.7. The lowest BCUT2D eigenvalue weighted by Crippen LogP contribution is -2.53. The van der Waals surface area contributed by atoms with Gasteiger partial charge in [-0.15, -0.1) is 0 Å². The third-order valence-electron chi connectivity index (χ3n) is 5.45. The summed E-state index contributed by atoms with van der Waals surface area (Å²) >= 11 is 0. The van der Waals surface area contributed by atoms with Gasteiger partial charge in [-0.05, 0) is 51.8 Å². The van der Waals surface area contributed by atoms with E-state index in [4.69, 9.17) is 4.98 Å². The molecule has 0 fully saturated rings. The van der Waals surface area contributed by atoms with E-state index in [-0.39, 0.29) is 16.8 Å². The van der Waals surface area contributed by atoms with Gasteiger partial charge in [0.2, 0.25) is 5.78 Å². The van der Waals surface area contributed by atoms with Crippen LogP contribution < -0.4 is 5.32 Å². The fraction of sp³-hybridized carbons (Fsp3) is 0.348. The van der Waals surface area contributed by atoms with Gasteiger partial charge in [0.25, 0.3) is 0 Å². The Balaban J connectivity index is 1.50. The van der Waals surface area contributed by atoms with Crippen molar-refractivity contribution in [1.82, 2.24) is 39.4 Å². The first kappa shape index (κ1) is 20.3. The second-order valence-corrected chi connectivity index (χ2v) is 9.56. The number of hydrogen-bond acceptors (Lipinski definition) is 7. The van der Waals surface area contributed by atoms with Gasteiger partial charge in [-0.3, -0.25) is 9.08 Å². The molecule has 5 rings (SSSR count). The molecule has 0 atom stereocenters. The molecule has 0 radical (unpaired) electrons. The summed E-state index contributed by atoms with van der Waals surface area (Å²) in [4.78, 5) is 18.0. The third-order valence-corrected chi connectivity index (χ3v) is 5.45. The Morgan fingerprint density at radius 1 is 1.09 bits per heavy atom. The van der Waals surface area contributed by atoms with Crippen LogP contribution in [0.5, 0.6) is 5.75 Å². The summed E-state index contributed by atoms with van der Waals surface area (Å²) in [6.45, 7) is 8.73. The van der Waals surface area contributed by atoms with Gasteiger partial charge >= 0.3 is 0 Å². The highest BCUT2D eigenvalue weighted by Crippen LogP contribution is 2.33. The van der Waals surface area contributed by atoms with E-state index in [1.165, 1.54) is 5.57 Å². The molecule has 9 nitrogen and oxygen atoms in total. The summed E-state index contributed by atoms with van der Waals surface area (Å²) in [5, 5.41) is 18.5. The number of aryl methyl sites for hydroxylation is 1. The van der Waals surface area contributed by atoms with E-state index in [0.717, 1.165) is 12.1 Å². The maximum atomic E-state index is 10.6. The molecule has 4 aromatic heterocycles. The molecule has 0 amide bonds. The van der Waals surface area contributed by atoms with Gasteiger partial charge in [0.05, 0.1) is 5.69 Å². The lowest BCUT2D eigenvalue weighted by atomic mass is 9.82. The maximum absolute atomic E-state index is 10.6. The first-order chi connectivity index (χ1) is 15.1. The van der Waals surface area contributed by atoms with Crippen molar-refractivity contribution in [2.45, 2.75) is 45.2 Å². The lowest BCUT2D eigenvalue weighted by molar-refractivity contribution is 0.297. The van der Waals surface area contributed by atoms with Gasteiger partial charge in [0.15, 0.2) is 5.82 Å². The van der Waals surface area contributed by atoms with Crippen LogP contribution in [0.4, 0.5) is 0 Å². The molecule has 4 aromatic rings. The normalized spacial score (nSPS) is 17.5. The van der Waals surface area contributed by atoms with Crippen LogP contribution in [0.25, 0.3) is 34.1 Å². The number of rotatable bonds is 3. The number of nitrogens with one attached hydrogen (secondary N) is 1. The van der Waals surface area contributed by atoms with Crippen molar-refractivity contribution >= 4 is 11.4 Å². The maximum Gasteiger partial charge on any atom is 0.234 e. The Kier molecular flexibility index (Phi) is 4.42. The van der Waals surface area contributed by atoms with Crippen LogP contribution in [-0.4, -0.2) is 50.3 Å². The molecule has 0 bridgehead atoms. The average Bonchev–Trinajstić information content (AvgIpc) is 3.30. The quantitative estimate of drug-likeness (QED) is 0.514. The summed E-state index contributed by atoms with van der Waals surface area (Å²) in [6.07, 6.45) is 10.1. The van der Waals surface area contributed by atoms with E-state index in [1.54, 1.807) is 30.3 Å². The summed E-state index contributed by atoms with van der Waals surface area (Å²) in [5.41, 5.74) is 3.53. The fourth-order valence-electron chi connectivity index (χ4n) is 4.49. The Morgan fingerprint density at radius 3 is 2.56 bits per heavy atom. The molecule has 1 aliphatic rings. The van der Waals surface area contributed by atoms with Crippen LogP contribution in [0.3, 0.4) is 0 Å². The minimum absolute atomic E-state index is 0.0168. The van der Waals surface area contributed by atoms with Crippen LogP contribution in [0, 0.1) is 0 Å². The minimum Gasteiger partial charge on any atom is -0.506 e. The number of nitrogens with zero attached hydrogens (tertiary/aromatic N) is 7. The van der Waals surface area contributed by atoms with Gasteiger partial charge < -0.3 is 10.4 Å². The predicted octanol–water partition coefficient (Wildman–Crippen LogP) is 3.23. The second-order valence-electron chi connectivity index (χ2n) is 9.56. The molecule has 0 spiro atoms. The van der Waals surface area contributed by atoms with Crippen LogP contribution in [0.1, 0.15) is 39.8 Å². The van der Waals surface area contributed by atoms with Gasteiger partial charge in [0, 0.05) is 42.3 Å². The number of aromatic nitrogens is 7. The zero-order valence-corrected chi connectivity index (χ0v) is 18.8. The van der Waals surface area contributed by atoms with E-state index in [1.807, 2.05) is 22.9 Å². The highest BCUT2D eigenvalue weighted by molar-refractivity contribution is 5.70. The van der Waals surface area contributed by atoms with Gasteiger partial charge in [0.1, 0.15) is 23.5 Å². The SMILES string of the molecule is Cn1cnc(-c2cnc(-c3cn4ccc(C5=CC(C)(C)NC(C)(C)C5)nc4n3)c(O)c2)n1. The van der Waals surface area contributed by atoms with E-state index < -0.39 is 0 Å². The number of aromatic hydroxyl groups is 1. The van der Waals surface area contributed by atoms with E-state index in [2.05, 4.69) is 59.1 Å². The molecule has 0 unspecified atom stereocenters. The monoisotopic (exact) mass is 430 g/mol. The first-order valence-corrected chi connectivity index (χ1v) is 10.5. The van der Waals surface area contributed by atoms with Crippen molar-refractivity contribution in [1.29, 1.82) is 0 Å². The molecule has 9 heteroatoms. The van der Waals surface area contributed by atoms with Gasteiger partial charge in [-0.2, -0.15) is 5.10 Å². The van der Waals surface area contributed by atoms with E-state index in [0.29, 0.717) is 28.6 Å². The fourth-order valence-corrected chi connectivity index (χ4v) is 4.49. The lowest BCUT2D eigenvalue weighted by Gasteiger charge is -2.41. The van der Waals surface area contributed by atoms with Crippen LogP contribution in [0.2, 0.25) is 0 Å². The molecular weight excluding hydrogens is 404 g/mol. The third kappa shape index (κ3) is 3.75. The number of pyridine rings is 1. The van der Waals surface area contributed by atoms with Crippen molar-refractivity contribution < 1.29 is 5.11 Å². The Bertz CT molecular complexity index is 1360. The van der Waals surface area contributed by atoms with E-state index in [9.17, 15) is 5.11 Å². The highest BCUT2D eigenvalue weighted by atomic mass is 16.3. The standard InChI is InChI=1S/C23H26N8O/c1-22(2)9-15(10-23(3,4)29-22)16-6-7-31-12-17(27-21(31)26-16)19-18(32)8-14(11-24-19)20-25-13-30(5)28-20/h6-9,11-13,29,32H,10H2,1-5H3. The Labute approximate surface area is 185 Å². The molecule has 32 heavy (non-hydrogen) atoms. The predicted molar refractivity (Wildman–Crippen MR) is 122 cm³/mol. The van der Waals surface area contributed by atoms with Crippen molar-refractivity contribution in [3.8, 4) is 28.5 Å². The van der Waals surface area contributed by atoms with Crippen molar-refractivity contribution in [2.24, 2.45) is 7.05 Å². The molecule has 0 aromatic carbocycles. The molecule has 0 saturated carbocycles. The van der Waals surface area contributed by atoms with Crippen LogP contribution >= 0.6 is 0 Å². The number of fused-ring (bicyclic) bond motifs is 1. The zero-order valence-electron chi connectivity index (χ0n) is 18.8. The minimum atomic E-state index is -0.120. The summed E-state index contributed by atoms with van der Waals surface area (Å²) in [7, 11) is 1.79. The van der Waals surface area contributed by atoms with Crippen molar-refractivity contribution in [3.05, 3.63) is 48.8 Å². The summed E-state index contributed by atoms with van der Waals surface area (Å²) in [5.74, 6) is 1.08. The van der Waals surface area contributed by atoms with Crippen molar-refractivity contribution in [2.75, 3.05) is 0 Å². The van der Waals surface area contributed by atoms with E-state index >= 15 is 0 Å². The first-order valence-electron chi connectivity index (χ1n) is 10.5. The largest absolute Gasteiger partial charge is 0.506 e. The second kappa shape index (κ2) is 6.96. The number of hydrogen-bond donors (Lipinski definition) is 2. The number of imidazole rings is 1. The summed E-state index contributed by atoms with van der Waals surface area (Å²) < 4.78 is 3.44. The summed E-state index contributed by atoms with van der Waals surface area (Å²) in [6, 6.07) is 3.61. The van der Waals surface area contributed by atoms with Gasteiger partial charge in [-0.1, -0.05) is 6.08 Å². The Hall–Kier alpha value is -3.59. The molecule has 2 N–H and O–H groups in total. The molecular formula is C23H26N8O. The smallest absolute Gasteiger partial charge is 0.234 e. The average molecular weight is 431 g/mol. The highest BCUT2D eigenvalue weighted by Gasteiger charge is 2.33. The van der Waals surface area contributed by atoms with Crippen molar-refractivity contribution in [3.63, 3.8) is 0 Å². The molecule has 0 aliphatic carbocycles. The molecule has 0 saturated heterocycles. The van der Waals surface area contributed by atoms with Crippen LogP contribution in [0.15, 0.2) is 43.1 Å². The Morgan fingerprint density at radius 2 is 1.88 bits per heavy atom.